The molecule has 1 saturated heterocycles. The van der Waals surface area contributed by atoms with E-state index in [1.54, 1.807) is 31.4 Å². The van der Waals surface area contributed by atoms with Gasteiger partial charge in [0.05, 0.1) is 31.1 Å². The fourth-order valence-electron chi connectivity index (χ4n) is 2.47. The molecule has 1 amide bonds. The summed E-state index contributed by atoms with van der Waals surface area (Å²) in [5.74, 6) is -0.571. The van der Waals surface area contributed by atoms with Crippen molar-refractivity contribution < 1.29 is 24.2 Å². The quantitative estimate of drug-likeness (QED) is 0.527. The number of carboxylic acids is 1. The number of rotatable bonds is 7. The van der Waals surface area contributed by atoms with Crippen molar-refractivity contribution in [2.75, 3.05) is 14.2 Å². The van der Waals surface area contributed by atoms with E-state index >= 15 is 0 Å². The number of thiocarbonyl (C=S) groups is 1. The molecule has 6 nitrogen and oxygen atoms in total. The van der Waals surface area contributed by atoms with Crippen molar-refractivity contribution in [3.63, 3.8) is 0 Å². The van der Waals surface area contributed by atoms with Gasteiger partial charge in [0.15, 0.2) is 0 Å². The van der Waals surface area contributed by atoms with Crippen LogP contribution in [-0.2, 0) is 9.59 Å². The van der Waals surface area contributed by atoms with E-state index in [0.717, 1.165) is 16.7 Å². The third-order valence-corrected chi connectivity index (χ3v) is 5.02. The minimum atomic E-state index is -1.31. The number of hydrogen-bond acceptors (Lipinski definition) is 7. The predicted molar refractivity (Wildman–Crippen MR) is 98.3 cm³/mol. The highest BCUT2D eigenvalue weighted by molar-refractivity contribution is 8.26. The van der Waals surface area contributed by atoms with Gasteiger partial charge in [0, 0.05) is 5.56 Å². The third kappa shape index (κ3) is 4.13. The summed E-state index contributed by atoms with van der Waals surface area (Å²) in [6.07, 6.45) is 2.50. The van der Waals surface area contributed by atoms with Crippen LogP contribution in [0.1, 0.15) is 25.3 Å². The minimum Gasteiger partial charge on any atom is -0.548 e. The Balaban J connectivity index is 2.39. The van der Waals surface area contributed by atoms with Crippen molar-refractivity contribution in [1.29, 1.82) is 0 Å². The number of hydrogen-bond donors (Lipinski definition) is 0. The Morgan fingerprint density at radius 3 is 2.68 bits per heavy atom. The molecule has 1 aromatic rings. The molecular weight excluding hydrogens is 362 g/mol. The van der Waals surface area contributed by atoms with Crippen LogP contribution in [0.15, 0.2) is 23.1 Å². The summed E-state index contributed by atoms with van der Waals surface area (Å²) >= 11 is 6.27. The summed E-state index contributed by atoms with van der Waals surface area (Å²) in [6, 6.07) is 4.14. The van der Waals surface area contributed by atoms with E-state index in [-0.39, 0.29) is 10.7 Å². The van der Waals surface area contributed by atoms with E-state index in [1.165, 1.54) is 7.11 Å². The maximum absolute atomic E-state index is 12.7. The van der Waals surface area contributed by atoms with Gasteiger partial charge in [-0.25, -0.2) is 0 Å². The lowest BCUT2D eigenvalue weighted by Crippen LogP contribution is -2.49. The number of amides is 1. The van der Waals surface area contributed by atoms with E-state index < -0.39 is 17.9 Å². The molecule has 134 valence electrons. The van der Waals surface area contributed by atoms with E-state index in [4.69, 9.17) is 21.7 Å². The Labute approximate surface area is 155 Å². The van der Waals surface area contributed by atoms with Gasteiger partial charge < -0.3 is 19.4 Å². The van der Waals surface area contributed by atoms with Gasteiger partial charge in [-0.1, -0.05) is 37.3 Å². The molecule has 0 bridgehead atoms. The number of carbonyl (C=O) groups is 2. The van der Waals surface area contributed by atoms with Gasteiger partial charge in [0.2, 0.25) is 0 Å². The van der Waals surface area contributed by atoms with Crippen molar-refractivity contribution in [3.8, 4) is 11.5 Å². The first kappa shape index (κ1) is 19.3. The highest BCUT2D eigenvalue weighted by Crippen LogP contribution is 2.36. The van der Waals surface area contributed by atoms with Crippen molar-refractivity contribution in [2.45, 2.75) is 25.8 Å². The molecule has 0 unspecified atom stereocenters. The molecule has 1 fully saturated rings. The first-order valence-corrected chi connectivity index (χ1v) is 8.85. The maximum atomic E-state index is 12.7. The van der Waals surface area contributed by atoms with Crippen LogP contribution >= 0.6 is 24.0 Å². The molecule has 25 heavy (non-hydrogen) atoms. The van der Waals surface area contributed by atoms with Crippen LogP contribution in [0, 0.1) is 0 Å². The monoisotopic (exact) mass is 380 g/mol. The molecule has 0 radical (unpaired) electrons. The second-order valence-corrected chi connectivity index (χ2v) is 6.96. The summed E-state index contributed by atoms with van der Waals surface area (Å²) in [5.41, 5.74) is 0.642. The number of thioether (sulfide) groups is 1. The topological polar surface area (TPSA) is 78.9 Å². The van der Waals surface area contributed by atoms with Gasteiger partial charge in [0.1, 0.15) is 15.8 Å². The molecule has 0 spiro atoms. The zero-order valence-electron chi connectivity index (χ0n) is 14.1. The van der Waals surface area contributed by atoms with Gasteiger partial charge in [0.25, 0.3) is 5.91 Å². The van der Waals surface area contributed by atoms with E-state index in [1.807, 2.05) is 6.92 Å². The zero-order chi connectivity index (χ0) is 18.6. The van der Waals surface area contributed by atoms with Crippen LogP contribution in [0.2, 0.25) is 0 Å². The molecule has 0 N–H and O–H groups in total. The summed E-state index contributed by atoms with van der Waals surface area (Å²) in [7, 11) is 3.07. The fraction of sp³-hybridized carbons (Fsp3) is 0.353. The summed E-state index contributed by atoms with van der Waals surface area (Å²) in [6.45, 7) is 1.84. The Morgan fingerprint density at radius 2 is 2.12 bits per heavy atom. The van der Waals surface area contributed by atoms with Crippen molar-refractivity contribution in [1.82, 2.24) is 4.90 Å². The molecule has 1 aromatic carbocycles. The second kappa shape index (κ2) is 8.35. The van der Waals surface area contributed by atoms with Gasteiger partial charge in [-0.05, 0) is 30.7 Å². The molecule has 1 aliphatic heterocycles. The molecular formula is C17H18NO5S2-. The largest absolute Gasteiger partial charge is 0.548 e. The fourth-order valence-corrected chi connectivity index (χ4v) is 3.82. The number of ether oxygens (including phenoxy) is 2. The van der Waals surface area contributed by atoms with Crippen LogP contribution in [-0.4, -0.2) is 41.4 Å². The molecule has 1 heterocycles. The van der Waals surface area contributed by atoms with Crippen LogP contribution in [0.25, 0.3) is 6.08 Å². The average Bonchev–Trinajstić information content (AvgIpc) is 2.86. The van der Waals surface area contributed by atoms with Crippen molar-refractivity contribution in [2.24, 2.45) is 0 Å². The minimum absolute atomic E-state index is 0.209. The Bertz CT molecular complexity index is 732. The van der Waals surface area contributed by atoms with Crippen LogP contribution in [0.4, 0.5) is 0 Å². The lowest BCUT2D eigenvalue weighted by Gasteiger charge is -2.27. The molecule has 1 atom stereocenters. The van der Waals surface area contributed by atoms with Crippen molar-refractivity contribution in [3.05, 3.63) is 28.7 Å². The molecule has 0 aliphatic carbocycles. The highest BCUT2D eigenvalue weighted by atomic mass is 32.2. The first-order chi connectivity index (χ1) is 11.9. The van der Waals surface area contributed by atoms with Crippen LogP contribution < -0.4 is 14.6 Å². The standard InChI is InChI=1S/C17H19NO5S2/c1-4-5-12(16(20)21)18-15(19)14(25-17(18)24)9-10-8-11(22-2)6-7-13(10)23-3/h6-9,12H,4-5H2,1-3H3,(H,20,21)/p-1/b14-9-/t12-/m0/s1. The first-order valence-electron chi connectivity index (χ1n) is 7.62. The lowest BCUT2D eigenvalue weighted by atomic mass is 10.1. The van der Waals surface area contributed by atoms with E-state index in [9.17, 15) is 14.7 Å². The number of nitrogens with zero attached hydrogens (tertiary/aromatic N) is 1. The van der Waals surface area contributed by atoms with Gasteiger partial charge in [-0.2, -0.15) is 0 Å². The zero-order valence-corrected chi connectivity index (χ0v) is 15.7. The molecule has 8 heteroatoms. The second-order valence-electron chi connectivity index (χ2n) is 5.28. The number of carbonyl (C=O) groups excluding carboxylic acids is 2. The number of benzene rings is 1. The number of carboxylic acid groups (broad SMARTS) is 1. The van der Waals surface area contributed by atoms with Gasteiger partial charge in [-0.3, -0.25) is 9.69 Å². The molecule has 1 aliphatic rings. The van der Waals surface area contributed by atoms with Crippen LogP contribution in [0.5, 0.6) is 11.5 Å². The summed E-state index contributed by atoms with van der Waals surface area (Å²) < 4.78 is 10.7. The Morgan fingerprint density at radius 1 is 1.40 bits per heavy atom. The van der Waals surface area contributed by atoms with Crippen molar-refractivity contribution >= 4 is 46.3 Å². The number of aliphatic carboxylic acids is 1. The van der Waals surface area contributed by atoms with E-state index in [2.05, 4.69) is 0 Å². The third-order valence-electron chi connectivity index (χ3n) is 3.69. The lowest BCUT2D eigenvalue weighted by molar-refractivity contribution is -0.310. The Hall–Kier alpha value is -2.06. The SMILES string of the molecule is CCC[C@@H](C(=O)[O-])N1C(=O)/C(=C/c2cc(OC)ccc2OC)SC1=S. The summed E-state index contributed by atoms with van der Waals surface area (Å²) in [5, 5.41) is 11.4. The smallest absolute Gasteiger partial charge is 0.266 e. The number of methoxy groups -OCH3 is 2. The van der Waals surface area contributed by atoms with Crippen LogP contribution in [0.3, 0.4) is 0 Å². The highest BCUT2D eigenvalue weighted by Gasteiger charge is 2.37. The predicted octanol–water partition coefficient (Wildman–Crippen LogP) is 1.82. The summed E-state index contributed by atoms with van der Waals surface area (Å²) in [4.78, 5) is 25.5. The molecule has 0 aromatic heterocycles. The average molecular weight is 380 g/mol. The van der Waals surface area contributed by atoms with Gasteiger partial charge in [-0.15, -0.1) is 0 Å². The van der Waals surface area contributed by atoms with E-state index in [0.29, 0.717) is 28.4 Å². The molecule has 0 saturated carbocycles. The molecule has 2 rings (SSSR count). The normalized spacial score (nSPS) is 17.1. The van der Waals surface area contributed by atoms with Gasteiger partial charge >= 0.3 is 0 Å². The maximum Gasteiger partial charge on any atom is 0.266 e. The Kier molecular flexibility index (Phi) is 6.44.